The van der Waals surface area contributed by atoms with Crippen molar-refractivity contribution in [3.8, 4) is 0 Å². The standard InChI is InChI=1S/C15H23N5O2/c1-9(2)15-17-13(20-22-15)7-8-16-14(21)6-5-12-10(3)11(4)18-19-12/h9H,5-8H2,1-4H3,(H,16,21)(H,18,19). The van der Waals surface area contributed by atoms with Crippen LogP contribution < -0.4 is 5.32 Å². The van der Waals surface area contributed by atoms with E-state index in [0.29, 0.717) is 37.5 Å². The van der Waals surface area contributed by atoms with Gasteiger partial charge in [-0.05, 0) is 19.4 Å². The number of carbonyl (C=O) groups excluding carboxylic acids is 1. The number of nitrogens with one attached hydrogen (secondary N) is 2. The van der Waals surface area contributed by atoms with Gasteiger partial charge in [-0.1, -0.05) is 19.0 Å². The Morgan fingerprint density at radius 3 is 2.68 bits per heavy atom. The number of hydrogen-bond acceptors (Lipinski definition) is 5. The first-order chi connectivity index (χ1) is 10.5. The molecule has 0 saturated carbocycles. The molecule has 0 aliphatic heterocycles. The Hall–Kier alpha value is -2.18. The molecule has 120 valence electrons. The highest BCUT2D eigenvalue weighted by Gasteiger charge is 2.11. The third kappa shape index (κ3) is 4.16. The topological polar surface area (TPSA) is 96.7 Å². The minimum absolute atomic E-state index is 0.00707. The van der Waals surface area contributed by atoms with Gasteiger partial charge in [-0.2, -0.15) is 10.1 Å². The Morgan fingerprint density at radius 1 is 1.32 bits per heavy atom. The number of aryl methyl sites for hydroxylation is 2. The van der Waals surface area contributed by atoms with Gasteiger partial charge in [0.1, 0.15) is 0 Å². The van der Waals surface area contributed by atoms with Crippen LogP contribution in [0.5, 0.6) is 0 Å². The zero-order valence-electron chi connectivity index (χ0n) is 13.6. The summed E-state index contributed by atoms with van der Waals surface area (Å²) in [6, 6.07) is 0. The highest BCUT2D eigenvalue weighted by Crippen LogP contribution is 2.11. The van der Waals surface area contributed by atoms with Crippen molar-refractivity contribution in [1.29, 1.82) is 0 Å². The summed E-state index contributed by atoms with van der Waals surface area (Å²) in [5, 5.41) is 13.9. The average Bonchev–Trinajstić information content (AvgIpc) is 3.06. The van der Waals surface area contributed by atoms with Crippen LogP contribution in [-0.4, -0.2) is 32.8 Å². The molecule has 0 aromatic carbocycles. The largest absolute Gasteiger partial charge is 0.356 e. The Bertz CT molecular complexity index is 630. The second kappa shape index (κ2) is 7.20. The van der Waals surface area contributed by atoms with Gasteiger partial charge >= 0.3 is 0 Å². The number of aromatic nitrogens is 4. The number of nitrogens with zero attached hydrogens (tertiary/aromatic N) is 3. The number of hydrogen-bond donors (Lipinski definition) is 2. The van der Waals surface area contributed by atoms with E-state index in [1.165, 1.54) is 0 Å². The van der Waals surface area contributed by atoms with Crippen LogP contribution in [0.25, 0.3) is 0 Å². The van der Waals surface area contributed by atoms with Gasteiger partial charge < -0.3 is 9.84 Å². The van der Waals surface area contributed by atoms with E-state index in [9.17, 15) is 4.79 Å². The second-order valence-electron chi connectivity index (χ2n) is 5.72. The molecule has 2 heterocycles. The molecule has 7 heteroatoms. The predicted molar refractivity (Wildman–Crippen MR) is 81.5 cm³/mol. The summed E-state index contributed by atoms with van der Waals surface area (Å²) in [5.41, 5.74) is 3.13. The Kier molecular flexibility index (Phi) is 5.30. The lowest BCUT2D eigenvalue weighted by atomic mass is 10.1. The van der Waals surface area contributed by atoms with Crippen molar-refractivity contribution >= 4 is 5.91 Å². The normalized spacial score (nSPS) is 11.1. The molecule has 1 amide bonds. The monoisotopic (exact) mass is 305 g/mol. The maximum Gasteiger partial charge on any atom is 0.229 e. The van der Waals surface area contributed by atoms with Gasteiger partial charge in [0.25, 0.3) is 0 Å². The molecule has 0 aliphatic carbocycles. The van der Waals surface area contributed by atoms with E-state index in [4.69, 9.17) is 4.52 Å². The molecule has 22 heavy (non-hydrogen) atoms. The number of aromatic amines is 1. The smallest absolute Gasteiger partial charge is 0.229 e. The SMILES string of the molecule is Cc1[nH]nc(CCC(=O)NCCc2noc(C(C)C)n2)c1C. The summed E-state index contributed by atoms with van der Waals surface area (Å²) < 4.78 is 5.12. The van der Waals surface area contributed by atoms with Gasteiger partial charge in [0.05, 0.1) is 5.69 Å². The van der Waals surface area contributed by atoms with Crippen molar-refractivity contribution in [2.75, 3.05) is 6.54 Å². The number of H-pyrrole nitrogens is 1. The van der Waals surface area contributed by atoms with E-state index in [1.54, 1.807) is 0 Å². The lowest BCUT2D eigenvalue weighted by Crippen LogP contribution is -2.26. The second-order valence-corrected chi connectivity index (χ2v) is 5.72. The van der Waals surface area contributed by atoms with Crippen LogP contribution in [0.15, 0.2) is 4.52 Å². The molecular formula is C15H23N5O2. The van der Waals surface area contributed by atoms with E-state index in [-0.39, 0.29) is 11.8 Å². The van der Waals surface area contributed by atoms with Crippen LogP contribution in [0.2, 0.25) is 0 Å². The summed E-state index contributed by atoms with van der Waals surface area (Å²) in [5.74, 6) is 1.48. The summed E-state index contributed by atoms with van der Waals surface area (Å²) in [4.78, 5) is 16.1. The van der Waals surface area contributed by atoms with Crippen molar-refractivity contribution in [2.45, 2.75) is 52.9 Å². The molecule has 0 saturated heterocycles. The van der Waals surface area contributed by atoms with Crippen molar-refractivity contribution in [3.63, 3.8) is 0 Å². The minimum atomic E-state index is 0.00707. The minimum Gasteiger partial charge on any atom is -0.356 e. The molecule has 0 radical (unpaired) electrons. The van der Waals surface area contributed by atoms with Crippen LogP contribution in [0.1, 0.15) is 54.9 Å². The number of carbonyl (C=O) groups is 1. The first-order valence-corrected chi connectivity index (χ1v) is 7.57. The van der Waals surface area contributed by atoms with Crippen LogP contribution >= 0.6 is 0 Å². The van der Waals surface area contributed by atoms with E-state index < -0.39 is 0 Å². The van der Waals surface area contributed by atoms with Crippen LogP contribution in [0, 0.1) is 13.8 Å². The van der Waals surface area contributed by atoms with Crippen LogP contribution in [0.4, 0.5) is 0 Å². The quantitative estimate of drug-likeness (QED) is 0.813. The van der Waals surface area contributed by atoms with Gasteiger partial charge in [0, 0.05) is 37.4 Å². The molecule has 0 fully saturated rings. The maximum absolute atomic E-state index is 11.8. The van der Waals surface area contributed by atoms with Gasteiger partial charge in [-0.15, -0.1) is 0 Å². The third-order valence-electron chi connectivity index (χ3n) is 3.59. The van der Waals surface area contributed by atoms with Crippen molar-refractivity contribution in [3.05, 3.63) is 28.7 Å². The molecule has 0 spiro atoms. The first-order valence-electron chi connectivity index (χ1n) is 7.57. The van der Waals surface area contributed by atoms with E-state index >= 15 is 0 Å². The van der Waals surface area contributed by atoms with E-state index in [1.807, 2.05) is 27.7 Å². The molecule has 2 aromatic rings. The molecule has 2 N–H and O–H groups in total. The summed E-state index contributed by atoms with van der Waals surface area (Å²) >= 11 is 0. The lowest BCUT2D eigenvalue weighted by Gasteiger charge is -2.03. The van der Waals surface area contributed by atoms with Crippen molar-refractivity contribution in [1.82, 2.24) is 25.7 Å². The zero-order chi connectivity index (χ0) is 16.1. The van der Waals surface area contributed by atoms with Crippen molar-refractivity contribution < 1.29 is 9.32 Å². The lowest BCUT2D eigenvalue weighted by molar-refractivity contribution is -0.121. The highest BCUT2D eigenvalue weighted by molar-refractivity contribution is 5.76. The average molecular weight is 305 g/mol. The molecule has 0 aliphatic rings. The van der Waals surface area contributed by atoms with Crippen LogP contribution in [0.3, 0.4) is 0 Å². The number of rotatable bonds is 7. The first kappa shape index (κ1) is 16.2. The van der Waals surface area contributed by atoms with E-state index in [0.717, 1.165) is 17.0 Å². The molecule has 0 atom stereocenters. The molecule has 7 nitrogen and oxygen atoms in total. The number of amides is 1. The highest BCUT2D eigenvalue weighted by atomic mass is 16.5. The fourth-order valence-corrected chi connectivity index (χ4v) is 2.02. The molecule has 0 bridgehead atoms. The van der Waals surface area contributed by atoms with Crippen LogP contribution in [-0.2, 0) is 17.6 Å². The summed E-state index contributed by atoms with van der Waals surface area (Å²) in [7, 11) is 0. The third-order valence-corrected chi connectivity index (χ3v) is 3.59. The zero-order valence-corrected chi connectivity index (χ0v) is 13.6. The fraction of sp³-hybridized carbons (Fsp3) is 0.600. The Labute approximate surface area is 129 Å². The van der Waals surface area contributed by atoms with Gasteiger partial charge in [-0.25, -0.2) is 0 Å². The summed E-state index contributed by atoms with van der Waals surface area (Å²) in [6.07, 6.45) is 1.64. The fourth-order valence-electron chi connectivity index (χ4n) is 2.02. The molecule has 2 rings (SSSR count). The Morgan fingerprint density at radius 2 is 2.09 bits per heavy atom. The van der Waals surface area contributed by atoms with Crippen molar-refractivity contribution in [2.24, 2.45) is 0 Å². The van der Waals surface area contributed by atoms with Gasteiger partial charge in [-0.3, -0.25) is 9.89 Å². The van der Waals surface area contributed by atoms with Gasteiger partial charge in [0.2, 0.25) is 11.8 Å². The molecule has 2 aromatic heterocycles. The van der Waals surface area contributed by atoms with E-state index in [2.05, 4.69) is 25.7 Å². The predicted octanol–water partition coefficient (Wildman–Crippen LogP) is 1.82. The Balaban J connectivity index is 1.70. The molecular weight excluding hydrogens is 282 g/mol. The molecule has 0 unspecified atom stereocenters. The maximum atomic E-state index is 11.8. The van der Waals surface area contributed by atoms with Gasteiger partial charge in [0.15, 0.2) is 5.82 Å². The summed E-state index contributed by atoms with van der Waals surface area (Å²) in [6.45, 7) is 8.49.